The van der Waals surface area contributed by atoms with Crippen molar-refractivity contribution in [3.63, 3.8) is 0 Å². The lowest BCUT2D eigenvalue weighted by molar-refractivity contribution is -0.0451. The zero-order valence-electron chi connectivity index (χ0n) is 9.07. The van der Waals surface area contributed by atoms with E-state index in [4.69, 9.17) is 18.7 Å². The second kappa shape index (κ2) is 3.23. The largest absolute Gasteiger partial charge is 0.516 e. The van der Waals surface area contributed by atoms with Gasteiger partial charge in [0.2, 0.25) is 0 Å². The average molecular weight is 197 g/mol. The van der Waals surface area contributed by atoms with Crippen LogP contribution < -0.4 is 0 Å². The zero-order valence-corrected chi connectivity index (χ0v) is 9.07. The van der Waals surface area contributed by atoms with E-state index in [1.807, 2.05) is 27.7 Å². The molecule has 0 aliphatic carbocycles. The molecule has 0 aromatic carbocycles. The Hall–Kier alpha value is -0.0301. The summed E-state index contributed by atoms with van der Waals surface area (Å²) < 4.78 is 22.0. The highest BCUT2D eigenvalue weighted by Gasteiger charge is 2.49. The van der Waals surface area contributed by atoms with Crippen LogP contribution in [0.25, 0.3) is 0 Å². The van der Waals surface area contributed by atoms with Gasteiger partial charge in [-0.15, -0.1) is 0 Å². The van der Waals surface area contributed by atoms with E-state index < -0.39 is 13.3 Å². The fourth-order valence-corrected chi connectivity index (χ4v) is 1.50. The van der Waals surface area contributed by atoms with Gasteiger partial charge in [0, 0.05) is 0 Å². The SMILES string of the molecule is CC1(C)[B]OC(B2OCC(C)(C)O2)O1. The van der Waals surface area contributed by atoms with Gasteiger partial charge in [-0.1, -0.05) is 0 Å². The molecule has 0 aromatic rings. The molecule has 4 nitrogen and oxygen atoms in total. The van der Waals surface area contributed by atoms with E-state index >= 15 is 0 Å². The lowest BCUT2D eigenvalue weighted by Gasteiger charge is -2.19. The molecule has 0 amide bonds. The molecule has 2 saturated heterocycles. The Balaban J connectivity index is 1.93. The highest BCUT2D eigenvalue weighted by atomic mass is 16.7. The summed E-state index contributed by atoms with van der Waals surface area (Å²) in [7, 11) is 1.26. The van der Waals surface area contributed by atoms with Gasteiger partial charge in [-0.2, -0.15) is 0 Å². The molecule has 14 heavy (non-hydrogen) atoms. The molecule has 0 spiro atoms. The maximum absolute atomic E-state index is 5.63. The first-order chi connectivity index (χ1) is 6.38. The fourth-order valence-electron chi connectivity index (χ4n) is 1.50. The maximum atomic E-state index is 5.63. The van der Waals surface area contributed by atoms with Crippen molar-refractivity contribution in [3.05, 3.63) is 0 Å². The van der Waals surface area contributed by atoms with E-state index in [1.165, 1.54) is 0 Å². The molecular weight excluding hydrogens is 182 g/mol. The predicted octanol–water partition coefficient (Wildman–Crippen LogP) is 0.567. The van der Waals surface area contributed by atoms with Crippen LogP contribution in [0.2, 0.25) is 0 Å². The normalized spacial score (nSPS) is 34.6. The molecule has 6 heteroatoms. The first-order valence-corrected chi connectivity index (χ1v) is 4.85. The molecule has 0 bridgehead atoms. The van der Waals surface area contributed by atoms with Gasteiger partial charge >= 0.3 is 14.6 Å². The van der Waals surface area contributed by atoms with Gasteiger partial charge in [-0.05, 0) is 27.7 Å². The van der Waals surface area contributed by atoms with Crippen LogP contribution in [-0.4, -0.2) is 38.5 Å². The van der Waals surface area contributed by atoms with Crippen LogP contribution in [0, 0.1) is 0 Å². The van der Waals surface area contributed by atoms with Crippen LogP contribution in [0.15, 0.2) is 0 Å². The minimum atomic E-state index is -0.438. The summed E-state index contributed by atoms with van der Waals surface area (Å²) in [6, 6.07) is 0. The maximum Gasteiger partial charge on any atom is 0.516 e. The van der Waals surface area contributed by atoms with E-state index in [9.17, 15) is 0 Å². The second-order valence-corrected chi connectivity index (χ2v) is 4.90. The number of ether oxygens (including phenoxy) is 1. The molecule has 2 aliphatic heterocycles. The van der Waals surface area contributed by atoms with Gasteiger partial charge in [-0.3, -0.25) is 0 Å². The van der Waals surface area contributed by atoms with Crippen LogP contribution in [0.1, 0.15) is 27.7 Å². The monoisotopic (exact) mass is 197 g/mol. The number of hydrogen-bond acceptors (Lipinski definition) is 4. The van der Waals surface area contributed by atoms with Gasteiger partial charge in [0.05, 0.1) is 17.7 Å². The van der Waals surface area contributed by atoms with Gasteiger partial charge in [-0.25, -0.2) is 0 Å². The highest BCUT2D eigenvalue weighted by Crippen LogP contribution is 2.28. The minimum Gasteiger partial charge on any atom is -0.416 e. The van der Waals surface area contributed by atoms with E-state index in [2.05, 4.69) is 0 Å². The van der Waals surface area contributed by atoms with Crippen LogP contribution in [0.3, 0.4) is 0 Å². The smallest absolute Gasteiger partial charge is 0.416 e. The van der Waals surface area contributed by atoms with Crippen molar-refractivity contribution >= 4 is 14.6 Å². The average Bonchev–Trinajstić information content (AvgIpc) is 2.54. The lowest BCUT2D eigenvalue weighted by atomic mass is 9.79. The van der Waals surface area contributed by atoms with Crippen molar-refractivity contribution in [2.75, 3.05) is 6.61 Å². The minimum absolute atomic E-state index is 0.246. The molecule has 2 aliphatic rings. The third kappa shape index (κ3) is 2.14. The van der Waals surface area contributed by atoms with Gasteiger partial charge in [0.1, 0.15) is 0 Å². The summed E-state index contributed by atoms with van der Waals surface area (Å²) in [5.41, 5.74) is -0.603. The summed E-state index contributed by atoms with van der Waals surface area (Å²) in [6.07, 6.45) is -0.438. The molecular formula is C8H15B2O4. The Bertz CT molecular complexity index is 207. The van der Waals surface area contributed by atoms with Crippen LogP contribution in [0.5, 0.6) is 0 Å². The summed E-state index contributed by atoms with van der Waals surface area (Å²) in [5, 5.41) is 0. The van der Waals surface area contributed by atoms with Gasteiger partial charge < -0.3 is 18.7 Å². The Morgan fingerprint density at radius 3 is 2.43 bits per heavy atom. The van der Waals surface area contributed by atoms with Crippen LogP contribution >= 0.6 is 0 Å². The number of hydrogen-bond donors (Lipinski definition) is 0. The van der Waals surface area contributed by atoms with Crippen molar-refractivity contribution < 1.29 is 18.7 Å². The van der Waals surface area contributed by atoms with Gasteiger partial charge in [0.25, 0.3) is 0 Å². The first kappa shape index (κ1) is 10.5. The molecule has 0 saturated carbocycles. The Morgan fingerprint density at radius 1 is 1.29 bits per heavy atom. The molecule has 0 aromatic heterocycles. The number of rotatable bonds is 1. The van der Waals surface area contributed by atoms with Crippen LogP contribution in [0.4, 0.5) is 0 Å². The molecule has 1 atom stereocenters. The molecule has 2 fully saturated rings. The van der Waals surface area contributed by atoms with Gasteiger partial charge in [0.15, 0.2) is 6.19 Å². The Labute approximate surface area is 85.7 Å². The summed E-state index contributed by atoms with van der Waals surface area (Å²) in [4.78, 5) is 0. The van der Waals surface area contributed by atoms with E-state index in [1.54, 1.807) is 7.48 Å². The van der Waals surface area contributed by atoms with Crippen molar-refractivity contribution in [2.24, 2.45) is 0 Å². The summed E-state index contributed by atoms with van der Waals surface area (Å²) in [6.45, 7) is 8.41. The highest BCUT2D eigenvalue weighted by molar-refractivity contribution is 6.48. The molecule has 77 valence electrons. The third-order valence-electron chi connectivity index (χ3n) is 2.16. The summed E-state index contributed by atoms with van der Waals surface area (Å²) in [5.74, 6) is 0. The van der Waals surface area contributed by atoms with E-state index in [0.717, 1.165) is 0 Å². The quantitative estimate of drug-likeness (QED) is 0.575. The Morgan fingerprint density at radius 2 is 2.00 bits per heavy atom. The van der Waals surface area contributed by atoms with Crippen molar-refractivity contribution in [3.8, 4) is 0 Å². The topological polar surface area (TPSA) is 36.9 Å². The molecule has 0 N–H and O–H groups in total. The third-order valence-corrected chi connectivity index (χ3v) is 2.16. The standard InChI is InChI=1S/C8H15B2O4/c1-7(2)5-11-10(14-7)6-12-8(3,4)9-13-6/h6H,5H2,1-4H3. The van der Waals surface area contributed by atoms with Crippen molar-refractivity contribution in [1.82, 2.24) is 0 Å². The molecule has 2 rings (SSSR count). The predicted molar refractivity (Wildman–Crippen MR) is 52.7 cm³/mol. The first-order valence-electron chi connectivity index (χ1n) is 4.85. The zero-order chi connectivity index (χ0) is 10.4. The van der Waals surface area contributed by atoms with E-state index in [0.29, 0.717) is 6.61 Å². The van der Waals surface area contributed by atoms with Crippen LogP contribution in [-0.2, 0) is 18.7 Å². The Kier molecular flexibility index (Phi) is 2.42. The summed E-state index contributed by atoms with van der Waals surface area (Å²) >= 11 is 0. The molecule has 1 radical (unpaired) electrons. The van der Waals surface area contributed by atoms with E-state index in [-0.39, 0.29) is 11.1 Å². The molecule has 2 heterocycles. The molecule has 1 unspecified atom stereocenters. The van der Waals surface area contributed by atoms with Crippen molar-refractivity contribution in [2.45, 2.75) is 45.0 Å². The second-order valence-electron chi connectivity index (χ2n) is 4.90. The van der Waals surface area contributed by atoms with Crippen molar-refractivity contribution in [1.29, 1.82) is 0 Å². The fraction of sp³-hybridized carbons (Fsp3) is 1.00. The lowest BCUT2D eigenvalue weighted by Crippen LogP contribution is -2.37.